The van der Waals surface area contributed by atoms with Crippen LogP contribution in [0, 0.1) is 18.3 Å². The van der Waals surface area contributed by atoms with Crippen LogP contribution in [-0.2, 0) is 9.47 Å². The smallest absolute Gasteiger partial charge is 0.431 e. The van der Waals surface area contributed by atoms with Crippen molar-refractivity contribution in [3.05, 3.63) is 0 Å². The zero-order valence-corrected chi connectivity index (χ0v) is 6.53. The van der Waals surface area contributed by atoms with Crippen molar-refractivity contribution in [1.29, 1.82) is 0 Å². The summed E-state index contributed by atoms with van der Waals surface area (Å²) in [7, 11) is 0. The third kappa shape index (κ3) is 1.45. The van der Waals surface area contributed by atoms with E-state index in [0.717, 1.165) is 0 Å². The highest BCUT2D eigenvalue weighted by Gasteiger charge is 2.33. The molecule has 0 aliphatic carbocycles. The molecular weight excluding hydrogens is 144 g/mol. The minimum absolute atomic E-state index is 0.0673. The highest BCUT2D eigenvalue weighted by atomic mass is 16.7. The molecule has 11 heavy (non-hydrogen) atoms. The van der Waals surface area contributed by atoms with E-state index in [-0.39, 0.29) is 12.0 Å². The molecule has 0 bridgehead atoms. The van der Waals surface area contributed by atoms with Gasteiger partial charge in [0.25, 0.3) is 0 Å². The quantitative estimate of drug-likeness (QED) is 0.388. The molecule has 1 fully saturated rings. The van der Waals surface area contributed by atoms with Crippen LogP contribution < -0.4 is 0 Å². The van der Waals surface area contributed by atoms with Gasteiger partial charge in [0.05, 0.1) is 0 Å². The van der Waals surface area contributed by atoms with Gasteiger partial charge in [-0.15, -0.1) is 6.42 Å². The number of hydrogen-bond donors (Lipinski definition) is 0. The predicted molar refractivity (Wildman–Crippen MR) is 38.8 cm³/mol. The monoisotopic (exact) mass is 154 g/mol. The molecule has 3 unspecified atom stereocenters. The van der Waals surface area contributed by atoms with E-state index in [4.69, 9.17) is 15.9 Å². The fourth-order valence-electron chi connectivity index (χ4n) is 0.930. The molecule has 1 aliphatic heterocycles. The Kier molecular flexibility index (Phi) is 2.04. The summed E-state index contributed by atoms with van der Waals surface area (Å²) in [6.07, 6.45) is 3.87. The average Bonchev–Trinajstić information content (AvgIpc) is 1.96. The molecule has 1 saturated heterocycles. The van der Waals surface area contributed by atoms with Crippen LogP contribution in [-0.4, -0.2) is 18.4 Å². The standard InChI is InChI=1S/C8H10O3/c1-4-7-5(2)6(3)10-8(9)11-7/h1,5-7H,2-3H3. The second-order valence-electron chi connectivity index (χ2n) is 2.64. The molecule has 1 aliphatic rings. The Morgan fingerprint density at radius 1 is 1.45 bits per heavy atom. The van der Waals surface area contributed by atoms with Crippen LogP contribution in [0.5, 0.6) is 0 Å². The Bertz CT molecular complexity index is 204. The lowest BCUT2D eigenvalue weighted by molar-refractivity contribution is -0.0687. The van der Waals surface area contributed by atoms with Gasteiger partial charge in [-0.1, -0.05) is 12.8 Å². The molecule has 0 amide bonds. The number of ether oxygens (including phenoxy) is 2. The minimum atomic E-state index is -0.668. The van der Waals surface area contributed by atoms with Crippen molar-refractivity contribution >= 4 is 6.16 Å². The summed E-state index contributed by atoms with van der Waals surface area (Å²) in [6.45, 7) is 3.69. The molecule has 0 aromatic rings. The molecule has 0 aromatic carbocycles. The van der Waals surface area contributed by atoms with Crippen LogP contribution in [0.4, 0.5) is 4.79 Å². The van der Waals surface area contributed by atoms with Gasteiger partial charge in [0.2, 0.25) is 0 Å². The van der Waals surface area contributed by atoms with Crippen molar-refractivity contribution in [2.45, 2.75) is 26.1 Å². The van der Waals surface area contributed by atoms with Gasteiger partial charge in [0, 0.05) is 5.92 Å². The molecule has 0 N–H and O–H groups in total. The van der Waals surface area contributed by atoms with Crippen molar-refractivity contribution in [2.75, 3.05) is 0 Å². The van der Waals surface area contributed by atoms with Crippen molar-refractivity contribution in [3.63, 3.8) is 0 Å². The lowest BCUT2D eigenvalue weighted by Gasteiger charge is -2.29. The normalized spacial score (nSPS) is 36.8. The van der Waals surface area contributed by atoms with Gasteiger partial charge in [-0.05, 0) is 6.92 Å². The molecule has 3 heteroatoms. The fraction of sp³-hybridized carbons (Fsp3) is 0.625. The summed E-state index contributed by atoms with van der Waals surface area (Å²) in [5, 5.41) is 0. The lowest BCUT2D eigenvalue weighted by Crippen LogP contribution is -2.39. The Morgan fingerprint density at radius 2 is 2.09 bits per heavy atom. The molecule has 3 atom stereocenters. The van der Waals surface area contributed by atoms with E-state index in [1.54, 1.807) is 6.92 Å². The fourth-order valence-corrected chi connectivity index (χ4v) is 0.930. The van der Waals surface area contributed by atoms with E-state index >= 15 is 0 Å². The summed E-state index contributed by atoms with van der Waals surface area (Å²) in [5.41, 5.74) is 0. The summed E-state index contributed by atoms with van der Waals surface area (Å²) >= 11 is 0. The lowest BCUT2D eigenvalue weighted by atomic mass is 9.99. The van der Waals surface area contributed by atoms with Crippen molar-refractivity contribution < 1.29 is 14.3 Å². The molecule has 1 heterocycles. The zero-order chi connectivity index (χ0) is 8.43. The van der Waals surface area contributed by atoms with Crippen LogP contribution in [0.1, 0.15) is 13.8 Å². The first-order valence-corrected chi connectivity index (χ1v) is 3.48. The second kappa shape index (κ2) is 2.83. The topological polar surface area (TPSA) is 35.5 Å². The third-order valence-corrected chi connectivity index (χ3v) is 1.89. The first kappa shape index (κ1) is 7.93. The highest BCUT2D eigenvalue weighted by Crippen LogP contribution is 2.20. The van der Waals surface area contributed by atoms with Crippen LogP contribution in [0.2, 0.25) is 0 Å². The molecule has 0 aromatic heterocycles. The van der Waals surface area contributed by atoms with Crippen molar-refractivity contribution in [1.82, 2.24) is 0 Å². The SMILES string of the molecule is C#CC1OC(=O)OC(C)C1C. The maximum Gasteiger partial charge on any atom is 0.509 e. The Balaban J connectivity index is 2.68. The molecule has 0 saturated carbocycles. The molecule has 1 rings (SSSR count). The Labute approximate surface area is 65.7 Å². The van der Waals surface area contributed by atoms with E-state index in [1.807, 2.05) is 6.92 Å². The Morgan fingerprint density at radius 3 is 2.64 bits per heavy atom. The largest absolute Gasteiger partial charge is 0.509 e. The summed E-state index contributed by atoms with van der Waals surface area (Å²) in [6, 6.07) is 0. The van der Waals surface area contributed by atoms with E-state index in [0.29, 0.717) is 0 Å². The summed E-state index contributed by atoms with van der Waals surface area (Å²) in [4.78, 5) is 10.6. The van der Waals surface area contributed by atoms with E-state index in [1.165, 1.54) is 0 Å². The molecule has 0 spiro atoms. The van der Waals surface area contributed by atoms with Crippen LogP contribution in [0.3, 0.4) is 0 Å². The van der Waals surface area contributed by atoms with Gasteiger partial charge < -0.3 is 9.47 Å². The first-order valence-electron chi connectivity index (χ1n) is 3.48. The van der Waals surface area contributed by atoms with Gasteiger partial charge >= 0.3 is 6.16 Å². The van der Waals surface area contributed by atoms with Gasteiger partial charge in [0.1, 0.15) is 6.10 Å². The Hall–Kier alpha value is -1.17. The maximum atomic E-state index is 10.6. The number of hydrogen-bond acceptors (Lipinski definition) is 3. The van der Waals surface area contributed by atoms with Gasteiger partial charge in [-0.25, -0.2) is 4.79 Å². The maximum absolute atomic E-state index is 10.6. The minimum Gasteiger partial charge on any atom is -0.431 e. The van der Waals surface area contributed by atoms with Gasteiger partial charge in [0.15, 0.2) is 6.10 Å². The summed E-state index contributed by atoms with van der Waals surface area (Å²) < 4.78 is 9.49. The molecule has 0 radical (unpaired) electrons. The first-order chi connectivity index (χ1) is 5.15. The zero-order valence-electron chi connectivity index (χ0n) is 6.53. The van der Waals surface area contributed by atoms with Crippen LogP contribution in [0.25, 0.3) is 0 Å². The number of carbonyl (C=O) groups is 1. The van der Waals surface area contributed by atoms with Crippen molar-refractivity contribution in [2.24, 2.45) is 5.92 Å². The van der Waals surface area contributed by atoms with E-state index in [9.17, 15) is 4.79 Å². The van der Waals surface area contributed by atoms with Crippen LogP contribution >= 0.6 is 0 Å². The van der Waals surface area contributed by atoms with E-state index < -0.39 is 12.3 Å². The molecular formula is C8H10O3. The number of cyclic esters (lactones) is 2. The predicted octanol–water partition coefficient (Wildman–Crippen LogP) is 1.18. The second-order valence-corrected chi connectivity index (χ2v) is 2.64. The average molecular weight is 154 g/mol. The van der Waals surface area contributed by atoms with E-state index in [2.05, 4.69) is 5.92 Å². The third-order valence-electron chi connectivity index (χ3n) is 1.89. The summed E-state index contributed by atoms with van der Waals surface area (Å²) in [5.74, 6) is 2.46. The van der Waals surface area contributed by atoms with Crippen molar-refractivity contribution in [3.8, 4) is 12.3 Å². The number of rotatable bonds is 0. The molecule has 3 nitrogen and oxygen atoms in total. The number of carbonyl (C=O) groups excluding carboxylic acids is 1. The van der Waals surface area contributed by atoms with Gasteiger partial charge in [-0.2, -0.15) is 0 Å². The highest BCUT2D eigenvalue weighted by molar-refractivity contribution is 5.61. The van der Waals surface area contributed by atoms with Gasteiger partial charge in [-0.3, -0.25) is 0 Å². The molecule has 60 valence electrons. The van der Waals surface area contributed by atoms with Crippen LogP contribution in [0.15, 0.2) is 0 Å². The number of terminal acetylenes is 1.